The van der Waals surface area contributed by atoms with Gasteiger partial charge in [0.1, 0.15) is 17.5 Å². The van der Waals surface area contributed by atoms with Crippen molar-refractivity contribution in [3.05, 3.63) is 22.6 Å². The highest BCUT2D eigenvalue weighted by Gasteiger charge is 2.52. The number of anilines is 1. The van der Waals surface area contributed by atoms with Crippen LogP contribution in [0.1, 0.15) is 35.2 Å². The van der Waals surface area contributed by atoms with E-state index < -0.39 is 35.4 Å². The summed E-state index contributed by atoms with van der Waals surface area (Å²) in [6, 6.07) is 1.02. The minimum absolute atomic E-state index is 0.0266. The van der Waals surface area contributed by atoms with E-state index in [0.717, 1.165) is 17.4 Å². The van der Waals surface area contributed by atoms with Gasteiger partial charge in [-0.2, -0.15) is 13.2 Å². The number of thiophene rings is 1. The van der Waals surface area contributed by atoms with Crippen molar-refractivity contribution < 1.29 is 37.3 Å². The predicted octanol–water partition coefficient (Wildman–Crippen LogP) is 2.62. The Morgan fingerprint density at radius 1 is 1.31 bits per heavy atom. The molecular weight excluding hydrogens is 489 g/mol. The first-order valence-corrected chi connectivity index (χ1v) is 12.2. The van der Waals surface area contributed by atoms with Crippen LogP contribution in [0.5, 0.6) is 0 Å². The molecule has 0 radical (unpaired) electrons. The summed E-state index contributed by atoms with van der Waals surface area (Å²) >= 11 is 0.844. The van der Waals surface area contributed by atoms with Crippen LogP contribution in [0.4, 0.5) is 23.8 Å². The molecule has 9 nitrogen and oxygen atoms in total. The second-order valence-corrected chi connectivity index (χ2v) is 10.1. The number of ether oxygens (including phenoxy) is 2. The highest BCUT2D eigenvalue weighted by molar-refractivity contribution is 7.17. The van der Waals surface area contributed by atoms with Crippen molar-refractivity contribution in [3.63, 3.8) is 0 Å². The molecule has 2 aromatic rings. The summed E-state index contributed by atoms with van der Waals surface area (Å²) in [7, 11) is 1.41. The molecule has 2 N–H and O–H groups in total. The molecule has 0 aromatic carbocycles. The molecule has 2 aromatic heterocycles. The zero-order chi connectivity index (χ0) is 25.0. The number of piperidine rings is 1. The lowest BCUT2D eigenvalue weighted by atomic mass is 9.91. The number of alkyl halides is 3. The Labute approximate surface area is 202 Å². The number of aliphatic hydroxyl groups is 1. The van der Waals surface area contributed by atoms with Crippen LogP contribution in [-0.2, 0) is 15.7 Å². The number of hydrogen-bond donors (Lipinski definition) is 2. The van der Waals surface area contributed by atoms with E-state index in [1.807, 2.05) is 0 Å². The molecular formula is C22H25F3N4O5S. The second kappa shape index (κ2) is 8.79. The lowest BCUT2D eigenvalue weighted by Crippen LogP contribution is -2.63. The molecule has 2 amide bonds. The lowest BCUT2D eigenvalue weighted by molar-refractivity contribution is -0.136. The van der Waals surface area contributed by atoms with Crippen LogP contribution in [0.2, 0.25) is 0 Å². The molecule has 35 heavy (non-hydrogen) atoms. The van der Waals surface area contributed by atoms with E-state index in [4.69, 9.17) is 9.47 Å². The van der Waals surface area contributed by atoms with Gasteiger partial charge in [-0.25, -0.2) is 9.78 Å². The average Bonchev–Trinajstić information content (AvgIpc) is 3.40. The number of halogens is 3. The van der Waals surface area contributed by atoms with E-state index in [0.29, 0.717) is 45.4 Å². The molecule has 3 fully saturated rings. The van der Waals surface area contributed by atoms with Gasteiger partial charge in [0.2, 0.25) is 0 Å². The zero-order valence-corrected chi connectivity index (χ0v) is 19.7. The third-order valence-electron chi connectivity index (χ3n) is 6.73. The number of rotatable bonds is 3. The maximum absolute atomic E-state index is 13.8. The first kappa shape index (κ1) is 24.1. The Morgan fingerprint density at radius 3 is 2.63 bits per heavy atom. The second-order valence-electron chi connectivity index (χ2n) is 9.21. The van der Waals surface area contributed by atoms with E-state index >= 15 is 0 Å². The maximum atomic E-state index is 13.8. The normalized spacial score (nSPS) is 22.5. The number of aliphatic hydroxyl groups excluding tert-OH is 1. The van der Waals surface area contributed by atoms with E-state index in [1.165, 1.54) is 17.3 Å². The van der Waals surface area contributed by atoms with E-state index in [9.17, 15) is 27.9 Å². The molecule has 1 spiro atoms. The smallest absolute Gasteiger partial charge is 0.417 e. The SMILES string of the molecule is CNC(=O)c1csc2c(C(F)(F)F)cc(N3CCC(OC(=O)N4CC5(CC(O)CO5)C4)CC3)nc12. The van der Waals surface area contributed by atoms with Crippen molar-refractivity contribution in [3.8, 4) is 0 Å². The van der Waals surface area contributed by atoms with Gasteiger partial charge in [0.25, 0.3) is 5.91 Å². The monoisotopic (exact) mass is 514 g/mol. The van der Waals surface area contributed by atoms with E-state index in [1.54, 1.807) is 4.90 Å². The van der Waals surface area contributed by atoms with Gasteiger partial charge in [-0.1, -0.05) is 0 Å². The molecule has 190 valence electrons. The summed E-state index contributed by atoms with van der Waals surface area (Å²) < 4.78 is 52.5. The number of pyridine rings is 1. The summed E-state index contributed by atoms with van der Waals surface area (Å²) in [6.45, 7) is 1.73. The molecule has 3 aliphatic rings. The summed E-state index contributed by atoms with van der Waals surface area (Å²) in [5.41, 5.74) is -1.16. The van der Waals surface area contributed by atoms with Gasteiger partial charge < -0.3 is 29.7 Å². The van der Waals surface area contributed by atoms with Crippen LogP contribution in [0.15, 0.2) is 11.4 Å². The van der Waals surface area contributed by atoms with Crippen molar-refractivity contribution in [2.24, 2.45) is 0 Å². The highest BCUT2D eigenvalue weighted by atomic mass is 32.1. The average molecular weight is 515 g/mol. The number of likely N-dealkylation sites (tertiary alicyclic amines) is 1. The third kappa shape index (κ3) is 4.52. The highest BCUT2D eigenvalue weighted by Crippen LogP contribution is 2.41. The molecule has 0 aliphatic carbocycles. The Morgan fingerprint density at radius 2 is 2.03 bits per heavy atom. The standard InChI is InChI=1S/C22H25F3N4O5S/c1-26-19(31)14-9-35-18-15(22(23,24)25)6-16(27-17(14)18)28-4-2-13(3-5-28)34-20(32)29-10-21(11-29)7-12(30)8-33-21/h6,9,12-13,30H,2-5,7-8,10-11H2,1H3,(H,26,31). The van der Waals surface area contributed by atoms with Crippen LogP contribution < -0.4 is 10.2 Å². The third-order valence-corrected chi connectivity index (χ3v) is 7.73. The summed E-state index contributed by atoms with van der Waals surface area (Å²) in [4.78, 5) is 32.3. The summed E-state index contributed by atoms with van der Waals surface area (Å²) in [5.74, 6) is -0.357. The molecule has 3 saturated heterocycles. The van der Waals surface area contributed by atoms with Crippen molar-refractivity contribution >= 4 is 39.4 Å². The van der Waals surface area contributed by atoms with Crippen molar-refractivity contribution in [2.45, 2.75) is 43.2 Å². The van der Waals surface area contributed by atoms with Gasteiger partial charge >= 0.3 is 12.3 Å². The van der Waals surface area contributed by atoms with Crippen LogP contribution in [0.3, 0.4) is 0 Å². The van der Waals surface area contributed by atoms with Crippen LogP contribution in [-0.4, -0.2) is 84.6 Å². The van der Waals surface area contributed by atoms with E-state index in [-0.39, 0.29) is 34.3 Å². The summed E-state index contributed by atoms with van der Waals surface area (Å²) in [5, 5.41) is 13.5. The Hall–Kier alpha value is -2.64. The number of hydrogen-bond acceptors (Lipinski definition) is 8. The number of fused-ring (bicyclic) bond motifs is 1. The molecule has 3 aliphatic heterocycles. The molecule has 1 unspecified atom stereocenters. The quantitative estimate of drug-likeness (QED) is 0.649. The number of amides is 2. The predicted molar refractivity (Wildman–Crippen MR) is 121 cm³/mol. The fourth-order valence-corrected chi connectivity index (χ4v) is 5.93. The van der Waals surface area contributed by atoms with Crippen LogP contribution in [0.25, 0.3) is 10.2 Å². The number of nitrogens with one attached hydrogen (secondary N) is 1. The maximum Gasteiger partial charge on any atom is 0.417 e. The topological polar surface area (TPSA) is 104 Å². The Balaban J connectivity index is 1.25. The van der Waals surface area contributed by atoms with Crippen LogP contribution >= 0.6 is 11.3 Å². The first-order chi connectivity index (χ1) is 16.6. The van der Waals surface area contributed by atoms with Gasteiger partial charge in [0.05, 0.1) is 47.1 Å². The molecule has 0 saturated carbocycles. The Bertz CT molecular complexity index is 1140. The van der Waals surface area contributed by atoms with E-state index in [2.05, 4.69) is 10.3 Å². The molecule has 1 atom stereocenters. The summed E-state index contributed by atoms with van der Waals surface area (Å²) in [6.07, 6.45) is -4.55. The number of aromatic nitrogens is 1. The van der Waals surface area contributed by atoms with Gasteiger partial charge in [0, 0.05) is 44.8 Å². The Kier molecular flexibility index (Phi) is 6.04. The molecule has 0 bridgehead atoms. The fraction of sp³-hybridized carbons (Fsp3) is 0.591. The first-order valence-electron chi connectivity index (χ1n) is 11.3. The molecule has 5 heterocycles. The van der Waals surface area contributed by atoms with Crippen molar-refractivity contribution in [1.29, 1.82) is 0 Å². The molecule has 13 heteroatoms. The largest absolute Gasteiger partial charge is 0.446 e. The number of carbonyl (C=O) groups is 2. The zero-order valence-electron chi connectivity index (χ0n) is 18.9. The molecule has 5 rings (SSSR count). The van der Waals surface area contributed by atoms with Gasteiger partial charge in [-0.3, -0.25) is 4.79 Å². The number of carbonyl (C=O) groups excluding carboxylic acids is 2. The van der Waals surface area contributed by atoms with Crippen molar-refractivity contribution in [2.75, 3.05) is 44.7 Å². The van der Waals surface area contributed by atoms with Gasteiger partial charge in [-0.15, -0.1) is 11.3 Å². The van der Waals surface area contributed by atoms with Gasteiger partial charge in [-0.05, 0) is 6.07 Å². The number of nitrogens with zero attached hydrogens (tertiary/aromatic N) is 3. The van der Waals surface area contributed by atoms with Crippen molar-refractivity contribution in [1.82, 2.24) is 15.2 Å². The fourth-order valence-electron chi connectivity index (χ4n) is 4.90. The lowest BCUT2D eigenvalue weighted by Gasteiger charge is -2.46. The minimum Gasteiger partial charge on any atom is -0.446 e. The minimum atomic E-state index is -4.59. The van der Waals surface area contributed by atoms with Crippen LogP contribution in [0, 0.1) is 0 Å². The van der Waals surface area contributed by atoms with Gasteiger partial charge in [0.15, 0.2) is 0 Å².